The van der Waals surface area contributed by atoms with E-state index in [4.69, 9.17) is 14.1 Å². The fourth-order valence-electron chi connectivity index (χ4n) is 3.23. The molecule has 1 aromatic carbocycles. The molecule has 3 rings (SSSR count). The van der Waals surface area contributed by atoms with E-state index in [1.807, 2.05) is 26.0 Å². The second-order valence-electron chi connectivity index (χ2n) is 6.57. The van der Waals surface area contributed by atoms with Crippen LogP contribution >= 0.6 is 24.0 Å². The molecule has 28 heavy (non-hydrogen) atoms. The van der Waals surface area contributed by atoms with Crippen molar-refractivity contribution in [3.8, 4) is 5.75 Å². The largest absolute Gasteiger partial charge is 0.495 e. The van der Waals surface area contributed by atoms with Crippen molar-refractivity contribution in [1.29, 1.82) is 0 Å². The van der Waals surface area contributed by atoms with Gasteiger partial charge in [0.25, 0.3) is 0 Å². The molecule has 0 amide bonds. The SMILES string of the molecule is CCNC(=NCc1nc(C)c(C)o1)N1CCN(c2ccccc2OC)CC1.I. The molecule has 0 atom stereocenters. The maximum absolute atomic E-state index is 5.64. The third-order valence-corrected chi connectivity index (χ3v) is 4.78. The molecule has 7 nitrogen and oxygen atoms in total. The summed E-state index contributed by atoms with van der Waals surface area (Å²) in [6.07, 6.45) is 0. The lowest BCUT2D eigenvalue weighted by atomic mass is 10.2. The minimum absolute atomic E-state index is 0. The molecule has 1 fully saturated rings. The zero-order chi connectivity index (χ0) is 19.2. The van der Waals surface area contributed by atoms with Gasteiger partial charge in [-0.1, -0.05) is 12.1 Å². The van der Waals surface area contributed by atoms with E-state index in [1.54, 1.807) is 7.11 Å². The summed E-state index contributed by atoms with van der Waals surface area (Å²) in [5.41, 5.74) is 2.07. The molecule has 0 spiro atoms. The van der Waals surface area contributed by atoms with E-state index in [2.05, 4.69) is 39.2 Å². The monoisotopic (exact) mass is 499 g/mol. The molecule has 0 saturated carbocycles. The molecule has 1 aliphatic rings. The first-order valence-corrected chi connectivity index (χ1v) is 9.46. The maximum Gasteiger partial charge on any atom is 0.216 e. The Morgan fingerprint density at radius 1 is 1.21 bits per heavy atom. The van der Waals surface area contributed by atoms with Crippen molar-refractivity contribution >= 4 is 35.6 Å². The third kappa shape index (κ3) is 5.30. The number of aryl methyl sites for hydroxylation is 2. The van der Waals surface area contributed by atoms with Crippen LogP contribution in [-0.2, 0) is 6.54 Å². The lowest BCUT2D eigenvalue weighted by molar-refractivity contribution is 0.366. The lowest BCUT2D eigenvalue weighted by Gasteiger charge is -2.38. The number of nitrogens with one attached hydrogen (secondary N) is 1. The number of aliphatic imine (C=N–C) groups is 1. The van der Waals surface area contributed by atoms with Gasteiger partial charge in [-0.05, 0) is 32.9 Å². The molecule has 154 valence electrons. The number of ether oxygens (including phenoxy) is 1. The van der Waals surface area contributed by atoms with E-state index >= 15 is 0 Å². The maximum atomic E-state index is 5.64. The number of methoxy groups -OCH3 is 1. The normalized spacial score (nSPS) is 14.6. The van der Waals surface area contributed by atoms with Gasteiger partial charge in [0.2, 0.25) is 5.89 Å². The Labute approximate surface area is 184 Å². The number of para-hydroxylation sites is 2. The smallest absolute Gasteiger partial charge is 0.216 e. The number of rotatable bonds is 5. The highest BCUT2D eigenvalue weighted by atomic mass is 127. The van der Waals surface area contributed by atoms with E-state index in [0.717, 1.165) is 61.6 Å². The number of benzene rings is 1. The van der Waals surface area contributed by atoms with Crippen molar-refractivity contribution < 1.29 is 9.15 Å². The molecular formula is C20H30IN5O2. The van der Waals surface area contributed by atoms with Crippen LogP contribution in [0.25, 0.3) is 0 Å². The highest BCUT2D eigenvalue weighted by Gasteiger charge is 2.21. The molecule has 2 heterocycles. The van der Waals surface area contributed by atoms with Gasteiger partial charge in [-0.25, -0.2) is 9.98 Å². The highest BCUT2D eigenvalue weighted by molar-refractivity contribution is 14.0. The minimum Gasteiger partial charge on any atom is -0.495 e. The molecule has 8 heteroatoms. The molecule has 0 unspecified atom stereocenters. The van der Waals surface area contributed by atoms with Crippen LogP contribution in [0.5, 0.6) is 5.75 Å². The molecule has 0 aliphatic carbocycles. The van der Waals surface area contributed by atoms with Crippen molar-refractivity contribution in [3.05, 3.63) is 41.6 Å². The number of piperazine rings is 1. The van der Waals surface area contributed by atoms with Crippen LogP contribution < -0.4 is 15.0 Å². The highest BCUT2D eigenvalue weighted by Crippen LogP contribution is 2.28. The number of halogens is 1. The topological polar surface area (TPSA) is 66.1 Å². The first-order valence-electron chi connectivity index (χ1n) is 9.46. The second-order valence-corrected chi connectivity index (χ2v) is 6.57. The molecular weight excluding hydrogens is 469 g/mol. The zero-order valence-corrected chi connectivity index (χ0v) is 19.4. The quantitative estimate of drug-likeness (QED) is 0.388. The summed E-state index contributed by atoms with van der Waals surface area (Å²) in [6.45, 7) is 10.9. The summed E-state index contributed by atoms with van der Waals surface area (Å²) in [5, 5.41) is 3.38. The summed E-state index contributed by atoms with van der Waals surface area (Å²) in [5.74, 6) is 3.34. The van der Waals surface area contributed by atoms with Crippen LogP contribution in [0.1, 0.15) is 24.3 Å². The third-order valence-electron chi connectivity index (χ3n) is 4.78. The molecule has 1 N–H and O–H groups in total. The van der Waals surface area contributed by atoms with Gasteiger partial charge in [-0.3, -0.25) is 0 Å². The van der Waals surface area contributed by atoms with Crippen LogP contribution in [0.2, 0.25) is 0 Å². The van der Waals surface area contributed by atoms with E-state index < -0.39 is 0 Å². The minimum atomic E-state index is 0. The predicted octanol–water partition coefficient (Wildman–Crippen LogP) is 3.21. The zero-order valence-electron chi connectivity index (χ0n) is 17.1. The number of guanidine groups is 1. The molecule has 2 aromatic rings. The Hall–Kier alpha value is -1.97. The number of nitrogens with zero attached hydrogens (tertiary/aromatic N) is 4. The molecule has 0 radical (unpaired) electrons. The predicted molar refractivity (Wildman–Crippen MR) is 123 cm³/mol. The second kappa shape index (κ2) is 10.5. The fraction of sp³-hybridized carbons (Fsp3) is 0.500. The molecule has 0 bridgehead atoms. The van der Waals surface area contributed by atoms with Crippen LogP contribution in [0.3, 0.4) is 0 Å². The van der Waals surface area contributed by atoms with Crippen molar-refractivity contribution in [2.45, 2.75) is 27.3 Å². The van der Waals surface area contributed by atoms with Gasteiger partial charge < -0.3 is 24.3 Å². The van der Waals surface area contributed by atoms with Gasteiger partial charge >= 0.3 is 0 Å². The van der Waals surface area contributed by atoms with Gasteiger partial charge in [-0.15, -0.1) is 24.0 Å². The van der Waals surface area contributed by atoms with E-state index in [1.165, 1.54) is 0 Å². The van der Waals surface area contributed by atoms with Crippen molar-refractivity contribution in [2.24, 2.45) is 4.99 Å². The molecule has 1 saturated heterocycles. The first kappa shape index (κ1) is 22.3. The summed E-state index contributed by atoms with van der Waals surface area (Å²) in [7, 11) is 1.72. The number of aromatic nitrogens is 1. The molecule has 1 aromatic heterocycles. The van der Waals surface area contributed by atoms with Crippen LogP contribution in [0.4, 0.5) is 5.69 Å². The van der Waals surface area contributed by atoms with E-state index in [0.29, 0.717) is 12.4 Å². The van der Waals surface area contributed by atoms with Crippen LogP contribution in [-0.4, -0.2) is 55.7 Å². The summed E-state index contributed by atoms with van der Waals surface area (Å²) in [6, 6.07) is 8.17. The number of hydrogen-bond acceptors (Lipinski definition) is 5. The number of hydrogen-bond donors (Lipinski definition) is 1. The fourth-order valence-corrected chi connectivity index (χ4v) is 3.23. The summed E-state index contributed by atoms with van der Waals surface area (Å²) in [4.78, 5) is 13.8. The van der Waals surface area contributed by atoms with E-state index in [9.17, 15) is 0 Å². The van der Waals surface area contributed by atoms with Crippen molar-refractivity contribution in [3.63, 3.8) is 0 Å². The number of oxazole rings is 1. The summed E-state index contributed by atoms with van der Waals surface area (Å²) >= 11 is 0. The van der Waals surface area contributed by atoms with Crippen LogP contribution in [0, 0.1) is 13.8 Å². The van der Waals surface area contributed by atoms with Gasteiger partial charge in [0, 0.05) is 32.7 Å². The number of anilines is 1. The van der Waals surface area contributed by atoms with Gasteiger partial charge in [0.15, 0.2) is 5.96 Å². The standard InChI is InChI=1S/C20H29N5O2.HI/c1-5-21-20(22-14-19-23-15(2)16(3)27-19)25-12-10-24(11-13-25)17-8-6-7-9-18(17)26-4;/h6-9H,5,10-14H2,1-4H3,(H,21,22);1H. The lowest BCUT2D eigenvalue weighted by Crippen LogP contribution is -2.52. The van der Waals surface area contributed by atoms with Gasteiger partial charge in [0.1, 0.15) is 18.1 Å². The van der Waals surface area contributed by atoms with Gasteiger partial charge in [0.05, 0.1) is 18.5 Å². The Bertz CT molecular complexity index is 765. The Kier molecular flexibility index (Phi) is 8.40. The molecule has 1 aliphatic heterocycles. The first-order chi connectivity index (χ1) is 13.1. The Morgan fingerprint density at radius 2 is 1.93 bits per heavy atom. The van der Waals surface area contributed by atoms with Gasteiger partial charge in [-0.2, -0.15) is 0 Å². The average Bonchev–Trinajstić information content (AvgIpc) is 3.03. The summed E-state index contributed by atoms with van der Waals surface area (Å²) < 4.78 is 11.1. The van der Waals surface area contributed by atoms with Crippen molar-refractivity contribution in [2.75, 3.05) is 44.7 Å². The average molecular weight is 499 g/mol. The van der Waals surface area contributed by atoms with E-state index in [-0.39, 0.29) is 24.0 Å². The Balaban J connectivity index is 0.00000280. The Morgan fingerprint density at radius 3 is 2.54 bits per heavy atom. The van der Waals surface area contributed by atoms with Crippen LogP contribution in [0.15, 0.2) is 33.7 Å². The van der Waals surface area contributed by atoms with Crippen molar-refractivity contribution in [1.82, 2.24) is 15.2 Å².